The molecule has 0 rings (SSSR count). The number of carboxylic acids is 1. The summed E-state index contributed by atoms with van der Waals surface area (Å²) in [5.74, 6) is -3.75. The van der Waals surface area contributed by atoms with E-state index in [2.05, 4.69) is 10.6 Å². The van der Waals surface area contributed by atoms with E-state index < -0.39 is 54.5 Å². The van der Waals surface area contributed by atoms with Gasteiger partial charge in [-0.15, -0.1) is 0 Å². The number of rotatable bonds is 10. The molecular weight excluding hydrogens is 300 g/mol. The van der Waals surface area contributed by atoms with Crippen LogP contribution in [0.15, 0.2) is 0 Å². The quantitative estimate of drug-likeness (QED) is 0.180. The minimum Gasteiger partial charge on any atom is -0.475 e. The average Bonchev–Trinajstić information content (AvgIpc) is 2.40. The van der Waals surface area contributed by atoms with Gasteiger partial charge in [0.25, 0.3) is 0 Å². The second kappa shape index (κ2) is 9.07. The molecule has 0 fully saturated rings. The molecule has 0 aliphatic rings. The zero-order valence-electron chi connectivity index (χ0n) is 12.1. The number of aliphatic hydroxyl groups excluding tert-OH is 3. The molecule has 6 N–H and O–H groups in total. The normalized spacial score (nSPS) is 17.5. The van der Waals surface area contributed by atoms with E-state index in [0.29, 0.717) is 0 Å². The molecule has 2 amide bonds. The highest BCUT2D eigenvalue weighted by molar-refractivity contribution is 6.32. The van der Waals surface area contributed by atoms with Crippen molar-refractivity contribution in [2.24, 2.45) is 0 Å². The first-order chi connectivity index (χ1) is 10.1. The monoisotopic (exact) mass is 320 g/mol. The number of Topliss-reactive ketones (excluding diaryl/α,β-unsaturated/α-hetero) is 1. The molecule has 0 radical (unpaired) electrons. The molecule has 0 unspecified atom stereocenters. The fourth-order valence-corrected chi connectivity index (χ4v) is 1.87. The van der Waals surface area contributed by atoms with Gasteiger partial charge in [-0.05, 0) is 6.92 Å². The number of nitrogens with one attached hydrogen (secondary N) is 2. The van der Waals surface area contributed by atoms with Crippen molar-refractivity contribution in [3.8, 4) is 0 Å². The van der Waals surface area contributed by atoms with Crippen molar-refractivity contribution in [2.75, 3.05) is 0 Å². The van der Waals surface area contributed by atoms with Crippen LogP contribution in [-0.4, -0.2) is 74.9 Å². The Morgan fingerprint density at radius 2 is 1.68 bits per heavy atom. The molecule has 0 heterocycles. The van der Waals surface area contributed by atoms with Gasteiger partial charge in [0, 0.05) is 13.3 Å². The van der Waals surface area contributed by atoms with Crippen LogP contribution in [0.5, 0.6) is 0 Å². The summed E-state index contributed by atoms with van der Waals surface area (Å²) in [6.45, 7) is 2.33. The third-order valence-corrected chi connectivity index (χ3v) is 2.93. The van der Waals surface area contributed by atoms with E-state index in [9.17, 15) is 34.5 Å². The lowest BCUT2D eigenvalue weighted by atomic mass is 9.92. The van der Waals surface area contributed by atoms with Crippen LogP contribution in [0, 0.1) is 0 Å². The number of hydrogen-bond donors (Lipinski definition) is 6. The predicted molar refractivity (Wildman–Crippen MR) is 71.5 cm³/mol. The van der Waals surface area contributed by atoms with E-state index in [1.54, 1.807) is 0 Å². The lowest BCUT2D eigenvalue weighted by Crippen LogP contribution is -2.60. The lowest BCUT2D eigenvalue weighted by Gasteiger charge is -2.33. The standard InChI is InChI=1S/C12H20N2O8/c1-5(16)9(13-4-15)11(20)10(14-6(2)17)7(18)3-8(19)12(21)22/h4-5,7,9-11,16,18,20H,3H2,1-2H3,(H,13,15)(H,14,17)(H,21,22)/t5-,7-,9-,10-,11-/m0/s1. The van der Waals surface area contributed by atoms with Gasteiger partial charge in [0.05, 0.1) is 30.4 Å². The first kappa shape index (κ1) is 20.0. The Labute approximate surface area is 126 Å². The maximum atomic E-state index is 11.1. The second-order valence-corrected chi connectivity index (χ2v) is 4.77. The zero-order valence-corrected chi connectivity index (χ0v) is 12.1. The van der Waals surface area contributed by atoms with Crippen LogP contribution in [-0.2, 0) is 19.2 Å². The van der Waals surface area contributed by atoms with Crippen molar-refractivity contribution in [1.82, 2.24) is 10.6 Å². The van der Waals surface area contributed by atoms with Gasteiger partial charge in [0.1, 0.15) is 0 Å². The highest BCUT2D eigenvalue weighted by Gasteiger charge is 2.37. The van der Waals surface area contributed by atoms with Gasteiger partial charge >= 0.3 is 5.97 Å². The van der Waals surface area contributed by atoms with Gasteiger partial charge in [-0.2, -0.15) is 0 Å². The number of aliphatic hydroxyl groups is 3. The van der Waals surface area contributed by atoms with E-state index in [-0.39, 0.29) is 6.41 Å². The van der Waals surface area contributed by atoms with Crippen LogP contribution in [0.3, 0.4) is 0 Å². The van der Waals surface area contributed by atoms with Crippen molar-refractivity contribution in [1.29, 1.82) is 0 Å². The molecule has 0 aromatic heterocycles. The molecule has 10 heteroatoms. The maximum absolute atomic E-state index is 11.1. The van der Waals surface area contributed by atoms with Gasteiger partial charge in [0.2, 0.25) is 18.1 Å². The molecule has 0 aliphatic carbocycles. The van der Waals surface area contributed by atoms with E-state index >= 15 is 0 Å². The molecule has 5 atom stereocenters. The summed E-state index contributed by atoms with van der Waals surface area (Å²) in [5.41, 5.74) is 0. The van der Waals surface area contributed by atoms with Crippen LogP contribution in [0.4, 0.5) is 0 Å². The van der Waals surface area contributed by atoms with Crippen LogP contribution >= 0.6 is 0 Å². The highest BCUT2D eigenvalue weighted by atomic mass is 16.4. The van der Waals surface area contributed by atoms with E-state index in [0.717, 1.165) is 6.92 Å². The summed E-state index contributed by atoms with van der Waals surface area (Å²) in [6, 6.07) is -2.71. The van der Waals surface area contributed by atoms with E-state index in [1.165, 1.54) is 6.92 Å². The molecule has 22 heavy (non-hydrogen) atoms. The molecule has 0 spiro atoms. The third-order valence-electron chi connectivity index (χ3n) is 2.93. The van der Waals surface area contributed by atoms with Gasteiger partial charge in [-0.25, -0.2) is 4.79 Å². The maximum Gasteiger partial charge on any atom is 0.372 e. The largest absolute Gasteiger partial charge is 0.475 e. The fourth-order valence-electron chi connectivity index (χ4n) is 1.87. The Hall–Kier alpha value is -2.04. The summed E-state index contributed by atoms with van der Waals surface area (Å²) in [4.78, 5) is 43.2. The Balaban J connectivity index is 5.23. The molecule has 0 bridgehead atoms. The minimum atomic E-state index is -1.77. The number of carboxylic acid groups (broad SMARTS) is 1. The fraction of sp³-hybridized carbons (Fsp3) is 0.667. The van der Waals surface area contributed by atoms with Gasteiger partial charge in [-0.1, -0.05) is 0 Å². The number of carbonyl (C=O) groups excluding carboxylic acids is 3. The number of amides is 2. The predicted octanol–water partition coefficient (Wildman–Crippen LogP) is -3.25. The molecule has 0 saturated carbocycles. The topological polar surface area (TPSA) is 173 Å². The van der Waals surface area contributed by atoms with Gasteiger partial charge in [0.15, 0.2) is 0 Å². The van der Waals surface area contributed by atoms with Crippen molar-refractivity contribution in [3.63, 3.8) is 0 Å². The molecule has 0 aromatic carbocycles. The average molecular weight is 320 g/mol. The summed E-state index contributed by atoms with van der Waals surface area (Å²) in [7, 11) is 0. The Morgan fingerprint density at radius 1 is 1.14 bits per heavy atom. The first-order valence-corrected chi connectivity index (χ1v) is 6.38. The van der Waals surface area contributed by atoms with Crippen molar-refractivity contribution in [2.45, 2.75) is 50.7 Å². The zero-order chi connectivity index (χ0) is 17.4. The van der Waals surface area contributed by atoms with Crippen LogP contribution in [0.25, 0.3) is 0 Å². The smallest absolute Gasteiger partial charge is 0.372 e. The van der Waals surface area contributed by atoms with Gasteiger partial charge < -0.3 is 31.1 Å². The van der Waals surface area contributed by atoms with Crippen LogP contribution in [0.1, 0.15) is 20.3 Å². The second-order valence-electron chi connectivity index (χ2n) is 4.77. The summed E-state index contributed by atoms with van der Waals surface area (Å²) in [6.07, 6.45) is -5.27. The van der Waals surface area contributed by atoms with Crippen molar-refractivity contribution >= 4 is 24.1 Å². The van der Waals surface area contributed by atoms with E-state index in [1.807, 2.05) is 0 Å². The lowest BCUT2D eigenvalue weighted by molar-refractivity contribution is -0.150. The summed E-state index contributed by atoms with van der Waals surface area (Å²) in [5, 5.41) is 42.3. The van der Waals surface area contributed by atoms with Crippen LogP contribution < -0.4 is 10.6 Å². The Kier molecular flexibility index (Phi) is 8.23. The third kappa shape index (κ3) is 6.16. The summed E-state index contributed by atoms with van der Waals surface area (Å²) < 4.78 is 0. The Morgan fingerprint density at radius 3 is 2.05 bits per heavy atom. The van der Waals surface area contributed by atoms with Crippen LogP contribution in [0.2, 0.25) is 0 Å². The molecule has 0 aliphatic heterocycles. The highest BCUT2D eigenvalue weighted by Crippen LogP contribution is 2.11. The molecule has 0 saturated heterocycles. The van der Waals surface area contributed by atoms with E-state index in [4.69, 9.17) is 5.11 Å². The Bertz CT molecular complexity index is 425. The van der Waals surface area contributed by atoms with Gasteiger partial charge in [-0.3, -0.25) is 14.4 Å². The molecular formula is C12H20N2O8. The number of hydrogen-bond acceptors (Lipinski definition) is 7. The molecule has 126 valence electrons. The minimum absolute atomic E-state index is 0.209. The summed E-state index contributed by atoms with van der Waals surface area (Å²) >= 11 is 0. The van der Waals surface area contributed by atoms with Crippen molar-refractivity contribution in [3.05, 3.63) is 0 Å². The number of carbonyl (C=O) groups is 4. The number of aliphatic carboxylic acids is 1. The molecule has 0 aromatic rings. The first-order valence-electron chi connectivity index (χ1n) is 6.38. The SMILES string of the molecule is CC(=O)N[C@H]([C@@H](O)[C@@H](NC=O)[C@H](C)O)[C@@H](O)CC(=O)C(=O)O. The van der Waals surface area contributed by atoms with Crippen molar-refractivity contribution < 1.29 is 39.6 Å². The molecule has 10 nitrogen and oxygen atoms in total. The number of ketones is 1.